The molecule has 0 fully saturated rings. The van der Waals surface area contributed by atoms with Gasteiger partial charge in [0.2, 0.25) is 0 Å². The molecule has 2 aromatic carbocycles. The summed E-state index contributed by atoms with van der Waals surface area (Å²) in [5, 5.41) is 2.58. The fraction of sp³-hybridized carbons (Fsp3) is 0.242. The van der Waals surface area contributed by atoms with E-state index in [0.29, 0.717) is 28.5 Å². The number of carbonyl (C=O) groups excluding carboxylic acids is 4. The number of nitrogens with one attached hydrogen (secondary N) is 2. The molecular formula is C33H32FN3O7. The van der Waals surface area contributed by atoms with Gasteiger partial charge in [0.1, 0.15) is 29.1 Å². The molecule has 2 aromatic heterocycles. The molecule has 2 N–H and O–H groups in total. The second kappa shape index (κ2) is 14.7. The van der Waals surface area contributed by atoms with Gasteiger partial charge in [0.15, 0.2) is 0 Å². The molecule has 4 aromatic rings. The summed E-state index contributed by atoms with van der Waals surface area (Å²) in [4.78, 5) is 56.3. The number of nitrogens with zero attached hydrogens (tertiary/aromatic N) is 1. The minimum atomic E-state index is -1.03. The second-order valence-corrected chi connectivity index (χ2v) is 10.1. The summed E-state index contributed by atoms with van der Waals surface area (Å²) < 4.78 is 29.3. The van der Waals surface area contributed by atoms with Crippen molar-refractivity contribution in [2.75, 3.05) is 14.2 Å². The van der Waals surface area contributed by atoms with E-state index in [1.54, 1.807) is 60.8 Å². The molecule has 44 heavy (non-hydrogen) atoms. The highest BCUT2D eigenvalue weighted by molar-refractivity contribution is 5.97. The van der Waals surface area contributed by atoms with E-state index in [0.717, 1.165) is 11.1 Å². The number of aromatic nitrogens is 2. The number of ether oxygens (including phenoxy) is 3. The highest BCUT2D eigenvalue weighted by Crippen LogP contribution is 2.26. The number of carbonyl (C=O) groups is 4. The SMILES string of the molecule is COC(=O)CC[C@H](NC(=O)c1c[nH]c(-c2cc(Oc3ccc(CC(=O)Cc4cc(C)ccc4F)cc3)ccn2)c1)C(=O)OC. The van der Waals surface area contributed by atoms with Crippen molar-refractivity contribution < 1.29 is 37.8 Å². The van der Waals surface area contributed by atoms with Gasteiger partial charge in [-0.1, -0.05) is 29.8 Å². The van der Waals surface area contributed by atoms with Gasteiger partial charge in [-0.3, -0.25) is 19.4 Å². The van der Waals surface area contributed by atoms with Gasteiger partial charge in [-0.2, -0.15) is 0 Å². The van der Waals surface area contributed by atoms with Crippen molar-refractivity contribution in [3.05, 3.63) is 101 Å². The highest BCUT2D eigenvalue weighted by Gasteiger charge is 2.24. The molecule has 1 amide bonds. The van der Waals surface area contributed by atoms with E-state index in [9.17, 15) is 23.6 Å². The van der Waals surface area contributed by atoms with Crippen LogP contribution in [0.5, 0.6) is 11.5 Å². The Morgan fingerprint density at radius 3 is 2.43 bits per heavy atom. The maximum Gasteiger partial charge on any atom is 0.328 e. The number of benzene rings is 2. The zero-order chi connectivity index (χ0) is 31.6. The van der Waals surface area contributed by atoms with Crippen molar-refractivity contribution in [1.82, 2.24) is 15.3 Å². The predicted octanol–water partition coefficient (Wildman–Crippen LogP) is 4.90. The summed E-state index contributed by atoms with van der Waals surface area (Å²) in [6.45, 7) is 1.86. The minimum absolute atomic E-state index is 0.0218. The molecule has 0 unspecified atom stereocenters. The average molecular weight is 602 g/mol. The first-order chi connectivity index (χ1) is 21.1. The first kappa shape index (κ1) is 31.6. The number of amides is 1. The highest BCUT2D eigenvalue weighted by atomic mass is 19.1. The Hall–Kier alpha value is -5.32. The molecule has 0 radical (unpaired) electrons. The van der Waals surface area contributed by atoms with Crippen LogP contribution in [-0.2, 0) is 36.7 Å². The van der Waals surface area contributed by atoms with Gasteiger partial charge in [-0.05, 0) is 54.8 Å². The van der Waals surface area contributed by atoms with Gasteiger partial charge in [0.25, 0.3) is 5.91 Å². The first-order valence-electron chi connectivity index (χ1n) is 13.8. The molecule has 4 rings (SSSR count). The van der Waals surface area contributed by atoms with Gasteiger partial charge >= 0.3 is 11.9 Å². The summed E-state index contributed by atoms with van der Waals surface area (Å²) in [6, 6.07) is 15.7. The van der Waals surface area contributed by atoms with Gasteiger partial charge in [-0.15, -0.1) is 0 Å². The standard InChI is InChI=1S/C33H32FN3O7/c1-20-4-9-27(34)22(14-20)16-24(38)15-21-5-7-25(8-6-21)44-26-12-13-35-30(18-26)29-17-23(19-36-29)32(40)37-28(33(41)43-3)10-11-31(39)42-2/h4-9,12-14,17-19,28,36H,10-11,15-16H2,1-3H3,(H,37,40)/t28-/m0/s1. The Morgan fingerprint density at radius 2 is 1.70 bits per heavy atom. The van der Waals surface area contributed by atoms with Crippen LogP contribution < -0.4 is 10.1 Å². The Labute approximate surface area is 253 Å². The molecule has 0 spiro atoms. The maximum atomic E-state index is 14.0. The molecule has 0 aliphatic rings. The number of Topliss-reactive ketones (excluding diaryl/α,β-unsaturated/α-hetero) is 1. The number of ketones is 1. The zero-order valence-corrected chi connectivity index (χ0v) is 24.5. The van der Waals surface area contributed by atoms with Crippen LogP contribution in [0.4, 0.5) is 4.39 Å². The molecule has 0 saturated heterocycles. The van der Waals surface area contributed by atoms with Crippen molar-refractivity contribution in [1.29, 1.82) is 0 Å². The van der Waals surface area contributed by atoms with Gasteiger partial charge in [0.05, 0.1) is 31.2 Å². The van der Waals surface area contributed by atoms with E-state index in [-0.39, 0.29) is 42.8 Å². The van der Waals surface area contributed by atoms with E-state index < -0.39 is 23.9 Å². The van der Waals surface area contributed by atoms with Crippen LogP contribution in [0.1, 0.15) is 39.9 Å². The summed E-state index contributed by atoms with van der Waals surface area (Å²) in [7, 11) is 2.43. The van der Waals surface area contributed by atoms with Crippen LogP contribution in [0.25, 0.3) is 11.4 Å². The number of hydrogen-bond acceptors (Lipinski definition) is 8. The normalized spacial score (nSPS) is 11.4. The third-order valence-corrected chi connectivity index (χ3v) is 6.76. The lowest BCUT2D eigenvalue weighted by molar-refractivity contribution is -0.144. The van der Waals surface area contributed by atoms with Gasteiger partial charge in [0, 0.05) is 37.7 Å². The Morgan fingerprint density at radius 1 is 0.932 bits per heavy atom. The molecular weight excluding hydrogens is 569 g/mol. The summed E-state index contributed by atoms with van der Waals surface area (Å²) >= 11 is 0. The van der Waals surface area contributed by atoms with E-state index in [1.807, 2.05) is 6.92 Å². The fourth-order valence-electron chi connectivity index (χ4n) is 4.45. The number of aryl methyl sites for hydroxylation is 1. The number of H-pyrrole nitrogens is 1. The molecule has 0 saturated carbocycles. The monoisotopic (exact) mass is 601 g/mol. The van der Waals surface area contributed by atoms with Crippen molar-refractivity contribution in [3.8, 4) is 22.9 Å². The largest absolute Gasteiger partial charge is 0.469 e. The number of methoxy groups -OCH3 is 2. The number of hydrogen-bond donors (Lipinski definition) is 2. The lowest BCUT2D eigenvalue weighted by atomic mass is 10.0. The van der Waals surface area contributed by atoms with Crippen LogP contribution in [0.15, 0.2) is 73.1 Å². The van der Waals surface area contributed by atoms with Crippen molar-refractivity contribution in [3.63, 3.8) is 0 Å². The van der Waals surface area contributed by atoms with Gasteiger partial charge < -0.3 is 24.5 Å². The fourth-order valence-corrected chi connectivity index (χ4v) is 4.45. The average Bonchev–Trinajstić information content (AvgIpc) is 3.52. The van der Waals surface area contributed by atoms with Crippen LogP contribution in [0.3, 0.4) is 0 Å². The Balaban J connectivity index is 1.36. The van der Waals surface area contributed by atoms with E-state index in [1.165, 1.54) is 26.5 Å². The van der Waals surface area contributed by atoms with E-state index in [4.69, 9.17) is 9.47 Å². The lowest BCUT2D eigenvalue weighted by Crippen LogP contribution is -2.41. The van der Waals surface area contributed by atoms with Crippen LogP contribution in [-0.4, -0.2) is 53.9 Å². The number of aromatic amines is 1. The molecule has 11 heteroatoms. The first-order valence-corrected chi connectivity index (χ1v) is 13.8. The molecule has 10 nitrogen and oxygen atoms in total. The third kappa shape index (κ3) is 8.60. The number of halogens is 1. The van der Waals surface area contributed by atoms with Crippen LogP contribution in [0.2, 0.25) is 0 Å². The van der Waals surface area contributed by atoms with E-state index >= 15 is 0 Å². The molecule has 2 heterocycles. The van der Waals surface area contributed by atoms with E-state index in [2.05, 4.69) is 20.0 Å². The van der Waals surface area contributed by atoms with Crippen molar-refractivity contribution in [2.24, 2.45) is 0 Å². The molecule has 0 aliphatic heterocycles. The number of rotatable bonds is 13. The van der Waals surface area contributed by atoms with Crippen molar-refractivity contribution in [2.45, 2.75) is 38.6 Å². The van der Waals surface area contributed by atoms with Crippen LogP contribution >= 0.6 is 0 Å². The smallest absolute Gasteiger partial charge is 0.328 e. The Kier molecular flexibility index (Phi) is 10.6. The summed E-state index contributed by atoms with van der Waals surface area (Å²) in [5.41, 5.74) is 3.35. The lowest BCUT2D eigenvalue weighted by Gasteiger charge is -2.15. The molecule has 0 aliphatic carbocycles. The third-order valence-electron chi connectivity index (χ3n) is 6.76. The number of esters is 2. The zero-order valence-electron chi connectivity index (χ0n) is 24.5. The summed E-state index contributed by atoms with van der Waals surface area (Å²) in [5.74, 6) is -1.18. The predicted molar refractivity (Wildman–Crippen MR) is 159 cm³/mol. The maximum absolute atomic E-state index is 14.0. The Bertz CT molecular complexity index is 1650. The van der Waals surface area contributed by atoms with Crippen molar-refractivity contribution >= 4 is 23.6 Å². The molecule has 0 bridgehead atoms. The molecule has 228 valence electrons. The topological polar surface area (TPSA) is 137 Å². The summed E-state index contributed by atoms with van der Waals surface area (Å²) in [6.07, 6.45) is 3.18. The van der Waals surface area contributed by atoms with Gasteiger partial charge in [-0.25, -0.2) is 9.18 Å². The van der Waals surface area contributed by atoms with Crippen LogP contribution in [0, 0.1) is 12.7 Å². The quantitative estimate of drug-likeness (QED) is 0.207. The molecule has 1 atom stereocenters. The second-order valence-electron chi connectivity index (χ2n) is 10.1. The number of pyridine rings is 1. The minimum Gasteiger partial charge on any atom is -0.469 e.